The third-order valence-corrected chi connectivity index (χ3v) is 5.70. The van der Waals surface area contributed by atoms with E-state index in [2.05, 4.69) is 0 Å². The van der Waals surface area contributed by atoms with Crippen LogP contribution in [0.25, 0.3) is 0 Å². The Morgan fingerprint density at radius 3 is 2.22 bits per heavy atom. The van der Waals surface area contributed by atoms with Crippen LogP contribution >= 0.6 is 0 Å². The Bertz CT molecular complexity index is 376. The van der Waals surface area contributed by atoms with E-state index in [-0.39, 0.29) is 18.4 Å². The van der Waals surface area contributed by atoms with Gasteiger partial charge in [0.25, 0.3) is 5.92 Å². The molecule has 1 unspecified atom stereocenters. The van der Waals surface area contributed by atoms with Gasteiger partial charge in [-0.15, -0.1) is 0 Å². The molecule has 1 heterocycles. The average Bonchev–Trinajstić information content (AvgIpc) is 3.06. The molecule has 2 aliphatic carbocycles. The minimum atomic E-state index is -2.54. The zero-order chi connectivity index (χ0) is 13.4. The van der Waals surface area contributed by atoms with Gasteiger partial charge in [0.2, 0.25) is 0 Å². The van der Waals surface area contributed by atoms with Gasteiger partial charge in [0.05, 0.1) is 5.54 Å². The van der Waals surface area contributed by atoms with Crippen molar-refractivity contribution in [2.75, 3.05) is 13.1 Å². The Labute approximate surface area is 106 Å². The van der Waals surface area contributed by atoms with E-state index < -0.39 is 23.2 Å². The van der Waals surface area contributed by atoms with Crippen molar-refractivity contribution in [1.82, 2.24) is 4.90 Å². The zero-order valence-corrected chi connectivity index (χ0v) is 10.9. The Balaban J connectivity index is 1.82. The van der Waals surface area contributed by atoms with Gasteiger partial charge in [-0.1, -0.05) is 0 Å². The standard InChI is InChI=1S/C13H21F2NO2/c1-10(11(2,17)18)12(3-4-12)5-6-16(10)8-9-7-13(9,14)15/h9,17-18H,3-8H2,1-2H3/t9?,10-/m0/s1. The van der Waals surface area contributed by atoms with Gasteiger partial charge in [0, 0.05) is 18.9 Å². The summed E-state index contributed by atoms with van der Waals surface area (Å²) < 4.78 is 26.1. The predicted octanol–water partition coefficient (Wildman–Crippen LogP) is 1.59. The molecule has 1 spiro atoms. The van der Waals surface area contributed by atoms with E-state index >= 15 is 0 Å². The molecule has 0 amide bonds. The quantitative estimate of drug-likeness (QED) is 0.758. The molecule has 2 atom stereocenters. The molecule has 3 aliphatic rings. The van der Waals surface area contributed by atoms with Crippen molar-refractivity contribution >= 4 is 0 Å². The molecule has 104 valence electrons. The van der Waals surface area contributed by atoms with Crippen molar-refractivity contribution in [3.8, 4) is 0 Å². The lowest BCUT2D eigenvalue weighted by Crippen LogP contribution is -2.62. The average molecular weight is 261 g/mol. The number of nitrogens with zero attached hydrogens (tertiary/aromatic N) is 1. The maximum atomic E-state index is 13.1. The summed E-state index contributed by atoms with van der Waals surface area (Å²) in [6.45, 7) is 4.19. The van der Waals surface area contributed by atoms with Gasteiger partial charge < -0.3 is 10.2 Å². The van der Waals surface area contributed by atoms with E-state index in [1.54, 1.807) is 0 Å². The number of likely N-dealkylation sites (tertiary alicyclic amines) is 1. The van der Waals surface area contributed by atoms with Crippen LogP contribution in [0.1, 0.15) is 39.5 Å². The normalized spacial score (nSPS) is 41.3. The monoisotopic (exact) mass is 261 g/mol. The Kier molecular flexibility index (Phi) is 2.30. The van der Waals surface area contributed by atoms with Crippen LogP contribution in [-0.4, -0.2) is 45.5 Å². The van der Waals surface area contributed by atoms with Crippen LogP contribution in [0.4, 0.5) is 8.78 Å². The van der Waals surface area contributed by atoms with Crippen LogP contribution in [0.2, 0.25) is 0 Å². The summed E-state index contributed by atoms with van der Waals surface area (Å²) in [7, 11) is 0. The zero-order valence-electron chi connectivity index (χ0n) is 10.9. The second-order valence-corrected chi connectivity index (χ2v) is 6.73. The lowest BCUT2D eigenvalue weighted by molar-refractivity contribution is -0.240. The summed E-state index contributed by atoms with van der Waals surface area (Å²) in [6.07, 6.45) is 2.77. The highest BCUT2D eigenvalue weighted by molar-refractivity contribution is 5.20. The summed E-state index contributed by atoms with van der Waals surface area (Å²) in [5, 5.41) is 20.2. The molecule has 0 radical (unpaired) electrons. The second-order valence-electron chi connectivity index (χ2n) is 6.73. The Morgan fingerprint density at radius 1 is 1.28 bits per heavy atom. The van der Waals surface area contributed by atoms with E-state index in [0.29, 0.717) is 6.54 Å². The third-order valence-electron chi connectivity index (χ3n) is 5.70. The number of aliphatic hydroxyl groups is 2. The molecule has 0 bridgehead atoms. The molecule has 0 aromatic carbocycles. The van der Waals surface area contributed by atoms with Crippen molar-refractivity contribution in [3.05, 3.63) is 0 Å². The SMILES string of the molecule is CC(O)(O)[C@]1(C)N(CC2CC2(F)F)CCC12CC2. The first kappa shape index (κ1) is 12.8. The van der Waals surface area contributed by atoms with E-state index in [1.807, 2.05) is 11.8 Å². The molecule has 2 saturated carbocycles. The number of hydrogen-bond acceptors (Lipinski definition) is 3. The summed E-state index contributed by atoms with van der Waals surface area (Å²) in [5.41, 5.74) is -0.867. The molecule has 1 saturated heterocycles. The van der Waals surface area contributed by atoms with Crippen molar-refractivity contribution in [2.45, 2.75) is 56.8 Å². The summed E-state index contributed by atoms with van der Waals surface area (Å²) in [6, 6.07) is 0. The van der Waals surface area contributed by atoms with Crippen LogP contribution < -0.4 is 0 Å². The van der Waals surface area contributed by atoms with E-state index in [0.717, 1.165) is 19.3 Å². The van der Waals surface area contributed by atoms with Crippen molar-refractivity contribution in [3.63, 3.8) is 0 Å². The largest absolute Gasteiger partial charge is 0.364 e. The summed E-state index contributed by atoms with van der Waals surface area (Å²) in [5.74, 6) is -4.99. The molecule has 5 heteroatoms. The molecule has 3 fully saturated rings. The van der Waals surface area contributed by atoms with Gasteiger partial charge >= 0.3 is 0 Å². The van der Waals surface area contributed by atoms with Crippen LogP contribution in [-0.2, 0) is 0 Å². The van der Waals surface area contributed by atoms with Gasteiger partial charge in [-0.3, -0.25) is 4.90 Å². The number of alkyl halides is 2. The Morgan fingerprint density at radius 2 is 1.83 bits per heavy atom. The van der Waals surface area contributed by atoms with Crippen LogP contribution in [0.5, 0.6) is 0 Å². The Hall–Kier alpha value is -0.260. The minimum Gasteiger partial charge on any atom is -0.364 e. The first-order valence-electron chi connectivity index (χ1n) is 6.70. The topological polar surface area (TPSA) is 43.7 Å². The molecule has 0 aromatic heterocycles. The summed E-state index contributed by atoms with van der Waals surface area (Å²) in [4.78, 5) is 1.89. The molecular weight excluding hydrogens is 240 g/mol. The fraction of sp³-hybridized carbons (Fsp3) is 1.00. The van der Waals surface area contributed by atoms with E-state index in [9.17, 15) is 19.0 Å². The fourth-order valence-corrected chi connectivity index (χ4v) is 3.85. The predicted molar refractivity (Wildman–Crippen MR) is 62.2 cm³/mol. The molecule has 3 nitrogen and oxygen atoms in total. The number of hydrogen-bond donors (Lipinski definition) is 2. The second kappa shape index (κ2) is 3.25. The smallest absolute Gasteiger partial charge is 0.252 e. The lowest BCUT2D eigenvalue weighted by Gasteiger charge is -2.47. The highest BCUT2D eigenvalue weighted by atomic mass is 19.3. The van der Waals surface area contributed by atoms with Gasteiger partial charge in [0.15, 0.2) is 5.79 Å². The van der Waals surface area contributed by atoms with Crippen molar-refractivity contribution in [2.24, 2.45) is 11.3 Å². The van der Waals surface area contributed by atoms with Crippen LogP contribution in [0, 0.1) is 11.3 Å². The molecule has 18 heavy (non-hydrogen) atoms. The maximum absolute atomic E-state index is 13.1. The van der Waals surface area contributed by atoms with Gasteiger partial charge in [-0.25, -0.2) is 8.78 Å². The molecule has 0 aromatic rings. The van der Waals surface area contributed by atoms with Crippen LogP contribution in [0.3, 0.4) is 0 Å². The van der Waals surface area contributed by atoms with Gasteiger partial charge in [0.1, 0.15) is 0 Å². The van der Waals surface area contributed by atoms with Gasteiger partial charge in [-0.05, 0) is 45.1 Å². The van der Waals surface area contributed by atoms with E-state index in [1.165, 1.54) is 6.92 Å². The molecular formula is C13H21F2NO2. The minimum absolute atomic E-state index is 0.0554. The van der Waals surface area contributed by atoms with Crippen molar-refractivity contribution in [1.29, 1.82) is 0 Å². The van der Waals surface area contributed by atoms with Crippen molar-refractivity contribution < 1.29 is 19.0 Å². The molecule has 2 N–H and O–H groups in total. The first-order valence-corrected chi connectivity index (χ1v) is 6.70. The first-order chi connectivity index (χ1) is 8.12. The lowest BCUT2D eigenvalue weighted by atomic mass is 9.77. The van der Waals surface area contributed by atoms with Crippen LogP contribution in [0.15, 0.2) is 0 Å². The number of halogens is 2. The molecule has 1 aliphatic heterocycles. The third kappa shape index (κ3) is 1.50. The highest BCUT2D eigenvalue weighted by Crippen LogP contribution is 2.66. The summed E-state index contributed by atoms with van der Waals surface area (Å²) >= 11 is 0. The highest BCUT2D eigenvalue weighted by Gasteiger charge is 2.70. The van der Waals surface area contributed by atoms with Gasteiger partial charge in [-0.2, -0.15) is 0 Å². The maximum Gasteiger partial charge on any atom is 0.252 e. The van der Waals surface area contributed by atoms with E-state index in [4.69, 9.17) is 0 Å². The fourth-order valence-electron chi connectivity index (χ4n) is 3.85. The molecule has 3 rings (SSSR count). The number of rotatable bonds is 3.